The van der Waals surface area contributed by atoms with Crippen molar-refractivity contribution >= 4 is 5.97 Å². The average molecular weight is 603 g/mol. The van der Waals surface area contributed by atoms with Crippen molar-refractivity contribution in [2.45, 2.75) is 129 Å². The van der Waals surface area contributed by atoms with E-state index in [9.17, 15) is 30.3 Å². The maximum atomic E-state index is 12.4. The summed E-state index contributed by atoms with van der Waals surface area (Å²) in [5.74, 6) is -0.807. The predicted octanol–water partition coefficient (Wildman–Crippen LogP) is 4.44. The Hall–Kier alpha value is -1.29. The van der Waals surface area contributed by atoms with Crippen LogP contribution in [0, 0.1) is 51.2 Å². The highest BCUT2D eigenvalue weighted by atomic mass is 16.7. The summed E-state index contributed by atoms with van der Waals surface area (Å²) in [5.41, 5.74) is 0.465. The molecule has 5 aliphatic carbocycles. The summed E-state index contributed by atoms with van der Waals surface area (Å²) in [5, 5.41) is 52.7. The van der Waals surface area contributed by atoms with E-state index in [2.05, 4.69) is 47.3 Å². The van der Waals surface area contributed by atoms with Gasteiger partial charge in [0.15, 0.2) is 6.29 Å². The van der Waals surface area contributed by atoms with Crippen LogP contribution in [0.5, 0.6) is 0 Å². The number of aliphatic hydroxyl groups excluding tert-OH is 3. The lowest BCUT2D eigenvalue weighted by atomic mass is 9.34. The van der Waals surface area contributed by atoms with E-state index in [0.717, 1.165) is 44.9 Å². The van der Waals surface area contributed by atoms with Gasteiger partial charge in [-0.2, -0.15) is 0 Å². The number of hydrogen-bond acceptors (Lipinski definition) is 7. The summed E-state index contributed by atoms with van der Waals surface area (Å²) in [7, 11) is 0. The molecule has 0 aromatic carbocycles. The second kappa shape index (κ2) is 10.1. The maximum Gasteiger partial charge on any atom is 0.307 e. The monoisotopic (exact) mass is 602 g/mol. The zero-order valence-corrected chi connectivity index (χ0v) is 26.9. The van der Waals surface area contributed by atoms with Gasteiger partial charge in [0, 0.05) is 5.92 Å². The van der Waals surface area contributed by atoms with Gasteiger partial charge in [0.2, 0.25) is 0 Å². The lowest BCUT2D eigenvalue weighted by Crippen LogP contribution is -2.66. The molecule has 0 amide bonds. The van der Waals surface area contributed by atoms with Crippen LogP contribution in [0.25, 0.3) is 0 Å². The molecule has 1 heterocycles. The molecular weight excluding hydrogens is 548 g/mol. The first-order chi connectivity index (χ1) is 19.9. The molecule has 1 aliphatic heterocycles. The van der Waals surface area contributed by atoms with Gasteiger partial charge in [-0.1, -0.05) is 52.8 Å². The lowest BCUT2D eigenvalue weighted by Gasteiger charge is -2.71. The van der Waals surface area contributed by atoms with Gasteiger partial charge in [0.25, 0.3) is 0 Å². The summed E-state index contributed by atoms with van der Waals surface area (Å²) in [6.07, 6.45) is 4.39. The number of aliphatic hydroxyl groups is 4. The van der Waals surface area contributed by atoms with E-state index in [1.54, 1.807) is 0 Å². The SMILES string of the molecule is C=C1C[C@@H](C(=O)O)[C@@H]2CC[C@]3(C)C(=CC[C@@H]4[C@@]5(C)CC[C@H](O[C@@H]6OC[C@H](O)[C@H](O)[C@H]6O)C(C)(C)[C@H]5CC[C@]43C)[C@@H]2[C@@]1(C)O. The Morgan fingerprint density at radius 3 is 2.35 bits per heavy atom. The van der Waals surface area contributed by atoms with Crippen molar-refractivity contribution in [1.82, 2.24) is 0 Å². The summed E-state index contributed by atoms with van der Waals surface area (Å²) >= 11 is 0. The van der Waals surface area contributed by atoms with Gasteiger partial charge in [-0.15, -0.1) is 0 Å². The highest BCUT2D eigenvalue weighted by Gasteiger charge is 2.69. The number of carbonyl (C=O) groups is 1. The third-order valence-electron chi connectivity index (χ3n) is 14.6. The third-order valence-corrected chi connectivity index (χ3v) is 14.6. The molecule has 6 rings (SSSR count). The zero-order valence-electron chi connectivity index (χ0n) is 26.9. The summed E-state index contributed by atoms with van der Waals surface area (Å²) in [6.45, 7) is 17.9. The Bertz CT molecular complexity index is 1190. The maximum absolute atomic E-state index is 12.4. The molecule has 8 nitrogen and oxygen atoms in total. The van der Waals surface area contributed by atoms with Crippen LogP contribution in [-0.4, -0.2) is 74.4 Å². The van der Waals surface area contributed by atoms with Gasteiger partial charge in [0.1, 0.15) is 18.3 Å². The average Bonchev–Trinajstić information content (AvgIpc) is 2.92. The second-order valence-electron chi connectivity index (χ2n) is 16.6. The molecule has 0 unspecified atom stereocenters. The first-order valence-corrected chi connectivity index (χ1v) is 16.6. The van der Waals surface area contributed by atoms with Crippen LogP contribution in [0.15, 0.2) is 23.8 Å². The van der Waals surface area contributed by atoms with E-state index >= 15 is 0 Å². The highest BCUT2D eigenvalue weighted by molar-refractivity contribution is 5.72. The summed E-state index contributed by atoms with van der Waals surface area (Å²) in [6, 6.07) is 0. The molecule has 5 fully saturated rings. The van der Waals surface area contributed by atoms with Crippen LogP contribution in [0.2, 0.25) is 0 Å². The number of fused-ring (bicyclic) bond motifs is 7. The summed E-state index contributed by atoms with van der Waals surface area (Å²) < 4.78 is 12.1. The quantitative estimate of drug-likeness (QED) is 0.236. The van der Waals surface area contributed by atoms with E-state index in [0.29, 0.717) is 23.8 Å². The molecule has 0 radical (unpaired) electrons. The number of carboxylic acid groups (broad SMARTS) is 1. The van der Waals surface area contributed by atoms with Crippen LogP contribution in [0.1, 0.15) is 92.9 Å². The van der Waals surface area contributed by atoms with E-state index in [-0.39, 0.29) is 46.2 Å². The number of hydrogen-bond donors (Lipinski definition) is 5. The van der Waals surface area contributed by atoms with Crippen molar-refractivity contribution in [3.05, 3.63) is 23.8 Å². The number of carboxylic acids is 1. The Kier molecular flexibility index (Phi) is 7.44. The first-order valence-electron chi connectivity index (χ1n) is 16.6. The van der Waals surface area contributed by atoms with Crippen LogP contribution < -0.4 is 0 Å². The third kappa shape index (κ3) is 4.26. The van der Waals surface area contributed by atoms with Gasteiger partial charge in [-0.3, -0.25) is 4.79 Å². The Balaban J connectivity index is 1.31. The van der Waals surface area contributed by atoms with Crippen LogP contribution in [0.4, 0.5) is 0 Å². The lowest BCUT2D eigenvalue weighted by molar-refractivity contribution is -0.308. The van der Waals surface area contributed by atoms with Crippen molar-refractivity contribution in [2.75, 3.05) is 6.61 Å². The van der Waals surface area contributed by atoms with Crippen molar-refractivity contribution in [3.8, 4) is 0 Å². The molecule has 0 bridgehead atoms. The Morgan fingerprint density at radius 2 is 1.67 bits per heavy atom. The fourth-order valence-electron chi connectivity index (χ4n) is 11.8. The Labute approximate surface area is 256 Å². The first kappa shape index (κ1) is 31.7. The van der Waals surface area contributed by atoms with Crippen molar-refractivity contribution in [2.24, 2.45) is 51.2 Å². The molecular formula is C35H54O8. The van der Waals surface area contributed by atoms with Crippen molar-refractivity contribution in [1.29, 1.82) is 0 Å². The standard InChI is InChI=1S/C35H54O8/c1-18-16-20(29(39)40)19-10-14-33(5)21(26(19)35(18,7)41)8-9-24-32(4)13-12-25(31(2,3)23(32)11-15-34(24,33)6)43-30-28(38)27(37)22(36)17-42-30/h8,19-20,22-28,30,36-38,41H,1,9-17H2,2-7H3,(H,39,40)/t19-,20+,22-,23+,24+,25-,26+,27-,28+,30-,32-,33+,34+,35-/m0/s1. The predicted molar refractivity (Wildman–Crippen MR) is 161 cm³/mol. The minimum atomic E-state index is -1.30. The molecule has 242 valence electrons. The smallest absolute Gasteiger partial charge is 0.307 e. The Morgan fingerprint density at radius 1 is 0.977 bits per heavy atom. The second-order valence-corrected chi connectivity index (χ2v) is 16.6. The molecule has 1 saturated heterocycles. The number of rotatable bonds is 3. The largest absolute Gasteiger partial charge is 0.481 e. The van der Waals surface area contributed by atoms with Crippen LogP contribution >= 0.6 is 0 Å². The molecule has 0 aromatic rings. The minimum absolute atomic E-state index is 0.00637. The fraction of sp³-hybridized carbons (Fsp3) is 0.857. The molecule has 0 spiro atoms. The van der Waals surface area contributed by atoms with Gasteiger partial charge in [-0.05, 0) is 103 Å². The molecule has 14 atom stereocenters. The zero-order chi connectivity index (χ0) is 31.5. The molecule has 5 N–H and O–H groups in total. The van der Waals surface area contributed by atoms with Crippen LogP contribution in [-0.2, 0) is 14.3 Å². The molecule has 4 saturated carbocycles. The van der Waals surface area contributed by atoms with Crippen molar-refractivity contribution < 1.29 is 39.8 Å². The highest BCUT2D eigenvalue weighted by Crippen LogP contribution is 2.75. The number of ether oxygens (including phenoxy) is 2. The van der Waals surface area contributed by atoms with E-state index in [4.69, 9.17) is 9.47 Å². The molecule has 6 aliphatic rings. The van der Waals surface area contributed by atoms with E-state index in [1.165, 1.54) is 5.57 Å². The minimum Gasteiger partial charge on any atom is -0.481 e. The number of aliphatic carboxylic acids is 1. The van der Waals surface area contributed by atoms with Gasteiger partial charge in [0.05, 0.1) is 24.2 Å². The fourth-order valence-corrected chi connectivity index (χ4v) is 11.8. The number of allylic oxidation sites excluding steroid dienone is 1. The van der Waals surface area contributed by atoms with Gasteiger partial charge >= 0.3 is 5.97 Å². The van der Waals surface area contributed by atoms with Crippen LogP contribution in [0.3, 0.4) is 0 Å². The molecule has 8 heteroatoms. The van der Waals surface area contributed by atoms with Crippen molar-refractivity contribution in [3.63, 3.8) is 0 Å². The van der Waals surface area contributed by atoms with Gasteiger partial charge < -0.3 is 35.0 Å². The molecule has 43 heavy (non-hydrogen) atoms. The van der Waals surface area contributed by atoms with Gasteiger partial charge in [-0.25, -0.2) is 0 Å². The normalized spacial score (nSPS) is 54.4. The molecule has 0 aromatic heterocycles. The van der Waals surface area contributed by atoms with E-state index < -0.39 is 42.1 Å². The topological polar surface area (TPSA) is 137 Å². The van der Waals surface area contributed by atoms with E-state index in [1.807, 2.05) is 6.92 Å². The summed E-state index contributed by atoms with van der Waals surface area (Å²) in [4.78, 5) is 12.4.